The minimum atomic E-state index is -3.17. The van der Waals surface area contributed by atoms with Crippen molar-refractivity contribution >= 4 is 21.4 Å². The molecular formula is C13H19NO3S2. The first-order valence-electron chi connectivity index (χ1n) is 6.23. The monoisotopic (exact) mass is 301 g/mol. The third-order valence-corrected chi connectivity index (χ3v) is 4.75. The van der Waals surface area contributed by atoms with Gasteiger partial charge in [-0.15, -0.1) is 11.3 Å². The Morgan fingerprint density at radius 3 is 2.89 bits per heavy atom. The number of nitrogens with one attached hydrogen (secondary N) is 1. The lowest BCUT2D eigenvalue weighted by atomic mass is 10.4. The SMILES string of the molecule is CCCCS(=O)(=O)NCc1ccc(C#CCCO)s1. The summed E-state index contributed by atoms with van der Waals surface area (Å²) in [5, 5.41) is 8.62. The highest BCUT2D eigenvalue weighted by molar-refractivity contribution is 7.89. The van der Waals surface area contributed by atoms with Crippen LogP contribution in [0.5, 0.6) is 0 Å². The Morgan fingerprint density at radius 2 is 2.21 bits per heavy atom. The summed E-state index contributed by atoms with van der Waals surface area (Å²) < 4.78 is 25.8. The fourth-order valence-electron chi connectivity index (χ4n) is 1.33. The molecule has 2 N–H and O–H groups in total. The molecule has 0 unspecified atom stereocenters. The highest BCUT2D eigenvalue weighted by Crippen LogP contribution is 2.15. The van der Waals surface area contributed by atoms with E-state index in [-0.39, 0.29) is 12.4 Å². The molecule has 0 aliphatic carbocycles. The van der Waals surface area contributed by atoms with Crippen LogP contribution in [0.3, 0.4) is 0 Å². The number of rotatable bonds is 7. The van der Waals surface area contributed by atoms with Crippen molar-refractivity contribution in [2.45, 2.75) is 32.7 Å². The smallest absolute Gasteiger partial charge is 0.211 e. The van der Waals surface area contributed by atoms with E-state index >= 15 is 0 Å². The van der Waals surface area contributed by atoms with Crippen molar-refractivity contribution in [2.24, 2.45) is 0 Å². The molecule has 0 atom stereocenters. The van der Waals surface area contributed by atoms with Crippen LogP contribution in [0.4, 0.5) is 0 Å². The second kappa shape index (κ2) is 8.33. The van der Waals surface area contributed by atoms with Crippen LogP contribution in [0.25, 0.3) is 0 Å². The second-order valence-corrected chi connectivity index (χ2v) is 7.13. The third kappa shape index (κ3) is 6.73. The zero-order chi connectivity index (χ0) is 14.1. The first kappa shape index (κ1) is 16.2. The predicted molar refractivity (Wildman–Crippen MR) is 78.4 cm³/mol. The zero-order valence-corrected chi connectivity index (χ0v) is 12.6. The number of hydrogen-bond donors (Lipinski definition) is 2. The fraction of sp³-hybridized carbons (Fsp3) is 0.538. The molecule has 19 heavy (non-hydrogen) atoms. The van der Waals surface area contributed by atoms with Crippen LogP contribution in [-0.2, 0) is 16.6 Å². The van der Waals surface area contributed by atoms with Crippen LogP contribution in [-0.4, -0.2) is 25.9 Å². The highest BCUT2D eigenvalue weighted by atomic mass is 32.2. The van der Waals surface area contributed by atoms with Gasteiger partial charge in [0.2, 0.25) is 10.0 Å². The number of sulfonamides is 1. The van der Waals surface area contributed by atoms with E-state index in [0.717, 1.165) is 16.2 Å². The van der Waals surface area contributed by atoms with Crippen LogP contribution in [0.2, 0.25) is 0 Å². The summed E-state index contributed by atoms with van der Waals surface area (Å²) in [4.78, 5) is 1.82. The van der Waals surface area contributed by atoms with Crippen molar-refractivity contribution in [1.82, 2.24) is 4.72 Å². The van der Waals surface area contributed by atoms with Gasteiger partial charge in [0.15, 0.2) is 0 Å². The molecule has 1 aromatic rings. The van der Waals surface area contributed by atoms with Gasteiger partial charge in [-0.2, -0.15) is 0 Å². The molecule has 0 spiro atoms. The Labute approximate surface area is 118 Å². The first-order valence-corrected chi connectivity index (χ1v) is 8.70. The van der Waals surface area contributed by atoms with Crippen LogP contribution in [0.1, 0.15) is 35.9 Å². The first-order chi connectivity index (χ1) is 9.07. The second-order valence-electron chi connectivity index (χ2n) is 4.03. The van der Waals surface area contributed by atoms with Crippen molar-refractivity contribution in [3.63, 3.8) is 0 Å². The summed E-state index contributed by atoms with van der Waals surface area (Å²) in [7, 11) is -3.17. The molecule has 1 heterocycles. The molecule has 0 aliphatic rings. The van der Waals surface area contributed by atoms with E-state index in [9.17, 15) is 8.42 Å². The van der Waals surface area contributed by atoms with Crippen molar-refractivity contribution in [3.8, 4) is 11.8 Å². The number of unbranched alkanes of at least 4 members (excludes halogenated alkanes) is 1. The van der Waals surface area contributed by atoms with E-state index in [0.29, 0.717) is 19.4 Å². The summed E-state index contributed by atoms with van der Waals surface area (Å²) in [6.45, 7) is 2.34. The predicted octanol–water partition coefficient (Wildman–Crippen LogP) is 1.70. The summed E-state index contributed by atoms with van der Waals surface area (Å²) in [5.41, 5.74) is 0. The third-order valence-electron chi connectivity index (χ3n) is 2.34. The average Bonchev–Trinajstić information content (AvgIpc) is 2.83. The van der Waals surface area contributed by atoms with Gasteiger partial charge in [0.1, 0.15) is 0 Å². The van der Waals surface area contributed by atoms with Gasteiger partial charge in [0.05, 0.1) is 17.2 Å². The summed E-state index contributed by atoms with van der Waals surface area (Å²) in [6.07, 6.45) is 2.00. The maximum atomic E-state index is 11.6. The molecule has 0 amide bonds. The minimum absolute atomic E-state index is 0.0580. The molecule has 1 aromatic heterocycles. The molecule has 4 nitrogen and oxygen atoms in total. The maximum Gasteiger partial charge on any atom is 0.211 e. The fourth-order valence-corrected chi connectivity index (χ4v) is 3.44. The number of thiophene rings is 1. The van der Waals surface area contributed by atoms with Crippen molar-refractivity contribution < 1.29 is 13.5 Å². The summed E-state index contributed by atoms with van der Waals surface area (Å²) >= 11 is 1.47. The van der Waals surface area contributed by atoms with Crippen LogP contribution in [0.15, 0.2) is 12.1 Å². The van der Waals surface area contributed by atoms with E-state index in [1.807, 2.05) is 19.1 Å². The van der Waals surface area contributed by atoms with Crippen LogP contribution < -0.4 is 4.72 Å². The molecule has 0 saturated heterocycles. The van der Waals surface area contributed by atoms with Gasteiger partial charge in [-0.3, -0.25) is 0 Å². The Hall–Kier alpha value is -0.870. The zero-order valence-electron chi connectivity index (χ0n) is 11.0. The Kier molecular flexibility index (Phi) is 7.10. The largest absolute Gasteiger partial charge is 0.395 e. The van der Waals surface area contributed by atoms with E-state index in [1.54, 1.807) is 0 Å². The molecule has 0 radical (unpaired) electrons. The van der Waals surface area contributed by atoms with Crippen molar-refractivity contribution in [2.75, 3.05) is 12.4 Å². The molecule has 106 valence electrons. The van der Waals surface area contributed by atoms with Crippen molar-refractivity contribution in [1.29, 1.82) is 0 Å². The molecule has 0 saturated carbocycles. The molecule has 0 fully saturated rings. The van der Waals surface area contributed by atoms with Gasteiger partial charge in [-0.25, -0.2) is 13.1 Å². The minimum Gasteiger partial charge on any atom is -0.395 e. The lowest BCUT2D eigenvalue weighted by Crippen LogP contribution is -2.25. The molecule has 0 bridgehead atoms. The Bertz CT molecular complexity index is 538. The molecular weight excluding hydrogens is 282 g/mol. The summed E-state index contributed by atoms with van der Waals surface area (Å²) in [5.74, 6) is 5.94. The Balaban J connectivity index is 2.49. The van der Waals surface area contributed by atoms with E-state index < -0.39 is 10.0 Å². The average molecular weight is 301 g/mol. The van der Waals surface area contributed by atoms with Gasteiger partial charge in [0.25, 0.3) is 0 Å². The highest BCUT2D eigenvalue weighted by Gasteiger charge is 2.09. The summed E-state index contributed by atoms with van der Waals surface area (Å²) in [6, 6.07) is 3.74. The number of aliphatic hydroxyl groups is 1. The lowest BCUT2D eigenvalue weighted by Gasteiger charge is -2.03. The number of aliphatic hydroxyl groups excluding tert-OH is 1. The van der Waals surface area contributed by atoms with Crippen LogP contribution >= 0.6 is 11.3 Å². The molecule has 0 aromatic carbocycles. The van der Waals surface area contributed by atoms with Crippen LogP contribution in [0, 0.1) is 11.8 Å². The van der Waals surface area contributed by atoms with Gasteiger partial charge >= 0.3 is 0 Å². The molecule has 6 heteroatoms. The van der Waals surface area contributed by atoms with Gasteiger partial charge in [0, 0.05) is 17.8 Å². The quantitative estimate of drug-likeness (QED) is 0.753. The standard InChI is InChI=1S/C13H19NO3S2/c1-2-3-10-19(16,17)14-11-13-8-7-12(18-13)6-4-5-9-15/h7-8,14-15H,2-3,5,9-11H2,1H3. The topological polar surface area (TPSA) is 66.4 Å². The van der Waals surface area contributed by atoms with Gasteiger partial charge < -0.3 is 5.11 Å². The van der Waals surface area contributed by atoms with Gasteiger partial charge in [-0.1, -0.05) is 25.2 Å². The lowest BCUT2D eigenvalue weighted by molar-refractivity contribution is 0.305. The normalized spacial score (nSPS) is 11.1. The molecule has 0 aliphatic heterocycles. The van der Waals surface area contributed by atoms with E-state index in [2.05, 4.69) is 16.6 Å². The van der Waals surface area contributed by atoms with E-state index in [1.165, 1.54) is 11.3 Å². The molecule has 1 rings (SSSR count). The van der Waals surface area contributed by atoms with E-state index in [4.69, 9.17) is 5.11 Å². The Morgan fingerprint density at radius 1 is 1.42 bits per heavy atom. The maximum absolute atomic E-state index is 11.6. The number of hydrogen-bond acceptors (Lipinski definition) is 4. The van der Waals surface area contributed by atoms with Gasteiger partial charge in [-0.05, 0) is 18.6 Å². The van der Waals surface area contributed by atoms with Crippen molar-refractivity contribution in [3.05, 3.63) is 21.9 Å².